The predicted octanol–water partition coefficient (Wildman–Crippen LogP) is 4.36. The molecule has 0 aliphatic rings. The zero-order valence-electron chi connectivity index (χ0n) is 12.8. The standard InChI is InChI=1S/C18H20FNO2/c1-3-13(2)16-6-4-5-7-17(16)22-12-18(21)20-15-10-8-14(19)9-11-15/h4-11,13H,3,12H2,1-2H3,(H,20,21)/t13-/m1/s1. The van der Waals surface area contributed by atoms with Crippen LogP contribution in [0.15, 0.2) is 48.5 Å². The van der Waals surface area contributed by atoms with E-state index in [4.69, 9.17) is 4.74 Å². The Bertz CT molecular complexity index is 625. The number of para-hydroxylation sites is 1. The maximum absolute atomic E-state index is 12.8. The number of amides is 1. The van der Waals surface area contributed by atoms with Crippen LogP contribution in [-0.2, 0) is 4.79 Å². The maximum Gasteiger partial charge on any atom is 0.262 e. The highest BCUT2D eigenvalue weighted by molar-refractivity contribution is 5.91. The molecule has 0 aromatic heterocycles. The third-order valence-electron chi connectivity index (χ3n) is 3.55. The molecule has 1 N–H and O–H groups in total. The molecule has 0 fully saturated rings. The van der Waals surface area contributed by atoms with Crippen LogP contribution in [0.25, 0.3) is 0 Å². The van der Waals surface area contributed by atoms with E-state index in [1.807, 2.05) is 24.3 Å². The number of nitrogens with one attached hydrogen (secondary N) is 1. The molecule has 0 saturated carbocycles. The van der Waals surface area contributed by atoms with Crippen molar-refractivity contribution in [1.29, 1.82) is 0 Å². The second-order valence-corrected chi connectivity index (χ2v) is 5.19. The maximum atomic E-state index is 12.8. The van der Waals surface area contributed by atoms with Crippen LogP contribution in [0.4, 0.5) is 10.1 Å². The SMILES string of the molecule is CC[C@@H](C)c1ccccc1OCC(=O)Nc1ccc(F)cc1. The largest absolute Gasteiger partial charge is 0.483 e. The molecule has 0 heterocycles. The van der Waals surface area contributed by atoms with E-state index in [0.29, 0.717) is 11.6 Å². The lowest BCUT2D eigenvalue weighted by molar-refractivity contribution is -0.118. The average molecular weight is 301 g/mol. The molecular weight excluding hydrogens is 281 g/mol. The minimum atomic E-state index is -0.336. The average Bonchev–Trinajstić information content (AvgIpc) is 2.54. The van der Waals surface area contributed by atoms with Crippen molar-refractivity contribution in [3.05, 3.63) is 59.9 Å². The summed E-state index contributed by atoms with van der Waals surface area (Å²) in [5, 5.41) is 2.67. The quantitative estimate of drug-likeness (QED) is 0.861. The zero-order chi connectivity index (χ0) is 15.9. The zero-order valence-corrected chi connectivity index (χ0v) is 12.8. The van der Waals surface area contributed by atoms with E-state index in [0.717, 1.165) is 17.7 Å². The number of benzene rings is 2. The van der Waals surface area contributed by atoms with E-state index in [-0.39, 0.29) is 18.3 Å². The molecular formula is C18H20FNO2. The van der Waals surface area contributed by atoms with Crippen LogP contribution in [0.3, 0.4) is 0 Å². The van der Waals surface area contributed by atoms with Gasteiger partial charge in [0.2, 0.25) is 0 Å². The summed E-state index contributed by atoms with van der Waals surface area (Å²) < 4.78 is 18.4. The van der Waals surface area contributed by atoms with E-state index in [9.17, 15) is 9.18 Å². The summed E-state index contributed by atoms with van der Waals surface area (Å²) in [4.78, 5) is 11.9. The van der Waals surface area contributed by atoms with Gasteiger partial charge < -0.3 is 10.1 Å². The molecule has 116 valence electrons. The van der Waals surface area contributed by atoms with E-state index < -0.39 is 0 Å². The smallest absolute Gasteiger partial charge is 0.262 e. The molecule has 1 atom stereocenters. The van der Waals surface area contributed by atoms with Gasteiger partial charge in [-0.2, -0.15) is 0 Å². The van der Waals surface area contributed by atoms with Gasteiger partial charge in [0.05, 0.1) is 0 Å². The number of halogens is 1. The van der Waals surface area contributed by atoms with Gasteiger partial charge >= 0.3 is 0 Å². The third-order valence-corrected chi connectivity index (χ3v) is 3.55. The third kappa shape index (κ3) is 4.32. The van der Waals surface area contributed by atoms with Crippen molar-refractivity contribution < 1.29 is 13.9 Å². The minimum Gasteiger partial charge on any atom is -0.483 e. The van der Waals surface area contributed by atoms with Crippen LogP contribution < -0.4 is 10.1 Å². The minimum absolute atomic E-state index is 0.0785. The first-order chi connectivity index (χ1) is 10.6. The van der Waals surface area contributed by atoms with Gasteiger partial charge in [0.1, 0.15) is 11.6 Å². The Morgan fingerprint density at radius 2 is 1.86 bits per heavy atom. The molecule has 0 saturated heterocycles. The number of carbonyl (C=O) groups excluding carboxylic acids is 1. The fourth-order valence-electron chi connectivity index (χ4n) is 2.11. The lowest BCUT2D eigenvalue weighted by Gasteiger charge is -2.15. The summed E-state index contributed by atoms with van der Waals surface area (Å²) in [7, 11) is 0. The molecule has 2 rings (SSSR count). The van der Waals surface area contributed by atoms with Crippen molar-refractivity contribution in [1.82, 2.24) is 0 Å². The normalized spacial score (nSPS) is 11.8. The molecule has 1 amide bonds. The molecule has 2 aromatic carbocycles. The number of carbonyl (C=O) groups is 1. The first kappa shape index (κ1) is 16.0. The van der Waals surface area contributed by atoms with Crippen LogP contribution in [0.2, 0.25) is 0 Å². The van der Waals surface area contributed by atoms with Crippen molar-refractivity contribution in [2.75, 3.05) is 11.9 Å². The van der Waals surface area contributed by atoms with Crippen molar-refractivity contribution in [3.8, 4) is 5.75 Å². The lowest BCUT2D eigenvalue weighted by atomic mass is 9.98. The van der Waals surface area contributed by atoms with Gasteiger partial charge in [-0.1, -0.05) is 32.0 Å². The van der Waals surface area contributed by atoms with Gasteiger partial charge in [0.15, 0.2) is 6.61 Å². The summed E-state index contributed by atoms with van der Waals surface area (Å²) in [6, 6.07) is 13.4. The van der Waals surface area contributed by atoms with Crippen LogP contribution in [0.1, 0.15) is 31.7 Å². The van der Waals surface area contributed by atoms with Crippen LogP contribution in [-0.4, -0.2) is 12.5 Å². The molecule has 2 aromatic rings. The number of ether oxygens (including phenoxy) is 1. The number of hydrogen-bond acceptors (Lipinski definition) is 2. The summed E-state index contributed by atoms with van der Waals surface area (Å²) in [5.74, 6) is 0.491. The second-order valence-electron chi connectivity index (χ2n) is 5.19. The number of rotatable bonds is 6. The molecule has 3 nitrogen and oxygen atoms in total. The Morgan fingerprint density at radius 3 is 2.55 bits per heavy atom. The van der Waals surface area contributed by atoms with Crippen molar-refractivity contribution in [2.45, 2.75) is 26.2 Å². The van der Waals surface area contributed by atoms with Gasteiger partial charge in [0.25, 0.3) is 5.91 Å². The molecule has 0 aliphatic carbocycles. The lowest BCUT2D eigenvalue weighted by Crippen LogP contribution is -2.20. The highest BCUT2D eigenvalue weighted by Crippen LogP contribution is 2.28. The highest BCUT2D eigenvalue weighted by Gasteiger charge is 2.11. The van der Waals surface area contributed by atoms with Crippen molar-refractivity contribution in [2.24, 2.45) is 0 Å². The molecule has 0 unspecified atom stereocenters. The Kier molecular flexibility index (Phi) is 5.53. The van der Waals surface area contributed by atoms with E-state index in [1.54, 1.807) is 0 Å². The van der Waals surface area contributed by atoms with Gasteiger partial charge in [0, 0.05) is 5.69 Å². The predicted molar refractivity (Wildman–Crippen MR) is 85.7 cm³/mol. The number of anilines is 1. The van der Waals surface area contributed by atoms with E-state index >= 15 is 0 Å². The van der Waals surface area contributed by atoms with Gasteiger partial charge in [-0.3, -0.25) is 4.79 Å². The molecule has 0 aliphatic heterocycles. The molecule has 0 spiro atoms. The van der Waals surface area contributed by atoms with Crippen LogP contribution in [0, 0.1) is 5.82 Å². The first-order valence-corrected chi connectivity index (χ1v) is 7.37. The highest BCUT2D eigenvalue weighted by atomic mass is 19.1. The van der Waals surface area contributed by atoms with Gasteiger partial charge in [-0.15, -0.1) is 0 Å². The summed E-state index contributed by atoms with van der Waals surface area (Å²) in [6.07, 6.45) is 1.00. The van der Waals surface area contributed by atoms with Crippen molar-refractivity contribution in [3.63, 3.8) is 0 Å². The van der Waals surface area contributed by atoms with E-state index in [1.165, 1.54) is 24.3 Å². The fourth-order valence-corrected chi connectivity index (χ4v) is 2.11. The van der Waals surface area contributed by atoms with Gasteiger partial charge in [-0.25, -0.2) is 4.39 Å². The van der Waals surface area contributed by atoms with Gasteiger partial charge in [-0.05, 0) is 48.2 Å². The Hall–Kier alpha value is -2.36. The Labute approximate surface area is 130 Å². The van der Waals surface area contributed by atoms with Crippen LogP contribution in [0.5, 0.6) is 5.75 Å². The van der Waals surface area contributed by atoms with Crippen LogP contribution >= 0.6 is 0 Å². The number of hydrogen-bond donors (Lipinski definition) is 1. The summed E-state index contributed by atoms with van der Waals surface area (Å²) in [5.41, 5.74) is 1.64. The topological polar surface area (TPSA) is 38.3 Å². The summed E-state index contributed by atoms with van der Waals surface area (Å²) >= 11 is 0. The Morgan fingerprint density at radius 1 is 1.18 bits per heavy atom. The molecule has 22 heavy (non-hydrogen) atoms. The van der Waals surface area contributed by atoms with Crippen molar-refractivity contribution >= 4 is 11.6 Å². The second kappa shape index (κ2) is 7.59. The summed E-state index contributed by atoms with van der Waals surface area (Å²) in [6.45, 7) is 4.16. The monoisotopic (exact) mass is 301 g/mol. The molecule has 0 bridgehead atoms. The fraction of sp³-hybridized carbons (Fsp3) is 0.278. The molecule has 0 radical (unpaired) electrons. The molecule has 4 heteroatoms. The first-order valence-electron chi connectivity index (χ1n) is 7.37. The Balaban J connectivity index is 1.95. The van der Waals surface area contributed by atoms with E-state index in [2.05, 4.69) is 19.2 Å².